The van der Waals surface area contributed by atoms with E-state index in [1.54, 1.807) is 6.07 Å². The van der Waals surface area contributed by atoms with Crippen molar-refractivity contribution in [1.82, 2.24) is 14.8 Å². The van der Waals surface area contributed by atoms with Gasteiger partial charge in [-0.2, -0.15) is 0 Å². The Morgan fingerprint density at radius 1 is 0.964 bits per heavy atom. The van der Waals surface area contributed by atoms with Gasteiger partial charge in [0, 0.05) is 11.5 Å². The van der Waals surface area contributed by atoms with Crippen molar-refractivity contribution in [2.24, 2.45) is 0 Å². The molecule has 0 atom stereocenters. The molecule has 0 saturated heterocycles. The highest BCUT2D eigenvalue weighted by Gasteiger charge is 2.18. The number of aromatic hydroxyl groups is 2. The predicted octanol–water partition coefficient (Wildman–Crippen LogP) is 4.59. The maximum absolute atomic E-state index is 10.3. The quantitative estimate of drug-likeness (QED) is 0.545. The van der Waals surface area contributed by atoms with Gasteiger partial charge < -0.3 is 14.9 Å². The predicted molar refractivity (Wildman–Crippen MR) is 108 cm³/mol. The highest BCUT2D eigenvalue weighted by Crippen LogP contribution is 2.35. The molecule has 0 spiro atoms. The maximum Gasteiger partial charge on any atom is 0.172 e. The lowest BCUT2D eigenvalue weighted by atomic mass is 10.1. The van der Waals surface area contributed by atoms with E-state index in [2.05, 4.69) is 10.2 Å². The van der Waals surface area contributed by atoms with E-state index in [0.717, 1.165) is 22.2 Å². The Labute approximate surface area is 162 Å². The fourth-order valence-corrected chi connectivity index (χ4v) is 3.31. The molecule has 6 nitrogen and oxygen atoms in total. The molecule has 28 heavy (non-hydrogen) atoms. The van der Waals surface area contributed by atoms with Crippen molar-refractivity contribution in [1.29, 1.82) is 0 Å². The monoisotopic (exact) mass is 375 g/mol. The standard InChI is InChI=1S/C22H21N3O3/c1-13(2)28-17-9-7-15-5-4-6-20(19(15)12-17)25-14(3)23-24-22(25)18-10-8-16(26)11-21(18)27/h4-13,26-27H,1-3H3. The lowest BCUT2D eigenvalue weighted by molar-refractivity contribution is 0.243. The number of fused-ring (bicyclic) bond motifs is 1. The Morgan fingerprint density at radius 2 is 1.79 bits per heavy atom. The zero-order valence-corrected chi connectivity index (χ0v) is 15.9. The third-order valence-electron chi connectivity index (χ3n) is 4.49. The second kappa shape index (κ2) is 6.88. The zero-order valence-electron chi connectivity index (χ0n) is 15.9. The first-order valence-electron chi connectivity index (χ1n) is 9.08. The summed E-state index contributed by atoms with van der Waals surface area (Å²) in [5, 5.41) is 30.5. The number of benzene rings is 3. The number of hydrogen-bond acceptors (Lipinski definition) is 5. The summed E-state index contributed by atoms with van der Waals surface area (Å²) >= 11 is 0. The van der Waals surface area contributed by atoms with E-state index in [1.165, 1.54) is 12.1 Å². The van der Waals surface area contributed by atoms with Gasteiger partial charge >= 0.3 is 0 Å². The lowest BCUT2D eigenvalue weighted by Crippen LogP contribution is -2.06. The van der Waals surface area contributed by atoms with Crippen LogP contribution in [0.5, 0.6) is 17.2 Å². The van der Waals surface area contributed by atoms with Crippen molar-refractivity contribution in [2.75, 3.05) is 0 Å². The van der Waals surface area contributed by atoms with Gasteiger partial charge in [0.1, 0.15) is 23.1 Å². The van der Waals surface area contributed by atoms with Crippen LogP contribution in [0.25, 0.3) is 27.8 Å². The van der Waals surface area contributed by atoms with Crippen LogP contribution in [0.3, 0.4) is 0 Å². The molecule has 0 amide bonds. The van der Waals surface area contributed by atoms with Gasteiger partial charge in [0.25, 0.3) is 0 Å². The summed E-state index contributed by atoms with van der Waals surface area (Å²) in [4.78, 5) is 0. The van der Waals surface area contributed by atoms with Gasteiger partial charge in [0.15, 0.2) is 5.82 Å². The number of phenols is 2. The highest BCUT2D eigenvalue weighted by atomic mass is 16.5. The summed E-state index contributed by atoms with van der Waals surface area (Å²) < 4.78 is 7.76. The van der Waals surface area contributed by atoms with E-state index < -0.39 is 0 Å². The molecular weight excluding hydrogens is 354 g/mol. The maximum atomic E-state index is 10.3. The second-order valence-electron chi connectivity index (χ2n) is 6.93. The Balaban J connectivity index is 1.95. The molecule has 4 rings (SSSR count). The van der Waals surface area contributed by atoms with Crippen LogP contribution in [0.1, 0.15) is 19.7 Å². The van der Waals surface area contributed by atoms with E-state index >= 15 is 0 Å². The highest BCUT2D eigenvalue weighted by molar-refractivity contribution is 5.92. The van der Waals surface area contributed by atoms with Gasteiger partial charge in [-0.25, -0.2) is 0 Å². The minimum Gasteiger partial charge on any atom is -0.508 e. The summed E-state index contributed by atoms with van der Waals surface area (Å²) in [6.07, 6.45) is 0.0748. The molecule has 2 N–H and O–H groups in total. The van der Waals surface area contributed by atoms with Crippen LogP contribution in [-0.4, -0.2) is 31.1 Å². The fourth-order valence-electron chi connectivity index (χ4n) is 3.31. The molecule has 0 aliphatic heterocycles. The molecule has 3 aromatic carbocycles. The summed E-state index contributed by atoms with van der Waals surface area (Å²) in [5.74, 6) is 1.90. The second-order valence-corrected chi connectivity index (χ2v) is 6.93. The molecule has 1 aromatic heterocycles. The van der Waals surface area contributed by atoms with Crippen LogP contribution in [0.2, 0.25) is 0 Å². The number of ether oxygens (including phenoxy) is 1. The van der Waals surface area contributed by atoms with E-state index in [1.807, 2.05) is 61.7 Å². The van der Waals surface area contributed by atoms with Crippen LogP contribution in [0.15, 0.2) is 54.6 Å². The summed E-state index contributed by atoms with van der Waals surface area (Å²) in [7, 11) is 0. The third-order valence-corrected chi connectivity index (χ3v) is 4.49. The first-order valence-corrected chi connectivity index (χ1v) is 9.08. The van der Waals surface area contributed by atoms with E-state index in [0.29, 0.717) is 17.2 Å². The number of nitrogens with zero attached hydrogens (tertiary/aromatic N) is 3. The summed E-state index contributed by atoms with van der Waals surface area (Å²) in [6, 6.07) is 16.4. The van der Waals surface area contributed by atoms with Crippen LogP contribution in [-0.2, 0) is 0 Å². The van der Waals surface area contributed by atoms with Crippen molar-refractivity contribution < 1.29 is 14.9 Å². The van der Waals surface area contributed by atoms with Crippen molar-refractivity contribution in [2.45, 2.75) is 26.9 Å². The molecule has 0 radical (unpaired) electrons. The molecular formula is C22H21N3O3. The van der Waals surface area contributed by atoms with E-state index in [4.69, 9.17) is 4.74 Å². The van der Waals surface area contributed by atoms with Gasteiger partial charge in [-0.05, 0) is 56.5 Å². The molecule has 0 aliphatic carbocycles. The average molecular weight is 375 g/mol. The van der Waals surface area contributed by atoms with Crippen molar-refractivity contribution in [3.63, 3.8) is 0 Å². The summed E-state index contributed by atoms with van der Waals surface area (Å²) in [6.45, 7) is 5.85. The van der Waals surface area contributed by atoms with Crippen molar-refractivity contribution >= 4 is 10.8 Å². The minimum absolute atomic E-state index is 0.00956. The minimum atomic E-state index is -0.0577. The van der Waals surface area contributed by atoms with Gasteiger partial charge in [-0.3, -0.25) is 4.57 Å². The Bertz CT molecular complexity index is 1170. The van der Waals surface area contributed by atoms with Crippen LogP contribution in [0.4, 0.5) is 0 Å². The Morgan fingerprint density at radius 3 is 2.54 bits per heavy atom. The number of aryl methyl sites for hydroxylation is 1. The zero-order chi connectivity index (χ0) is 19.8. The third kappa shape index (κ3) is 3.13. The van der Waals surface area contributed by atoms with Gasteiger partial charge in [-0.1, -0.05) is 18.2 Å². The van der Waals surface area contributed by atoms with Crippen LogP contribution in [0, 0.1) is 6.92 Å². The molecule has 0 saturated carbocycles. The summed E-state index contributed by atoms with van der Waals surface area (Å²) in [5.41, 5.74) is 1.38. The van der Waals surface area contributed by atoms with E-state index in [-0.39, 0.29) is 17.6 Å². The van der Waals surface area contributed by atoms with Gasteiger partial charge in [-0.15, -0.1) is 10.2 Å². The molecule has 0 bridgehead atoms. The number of rotatable bonds is 4. The fraction of sp³-hybridized carbons (Fsp3) is 0.182. The topological polar surface area (TPSA) is 80.4 Å². The SMILES string of the molecule is Cc1nnc(-c2ccc(O)cc2O)n1-c1cccc2ccc(OC(C)C)cc12. The first kappa shape index (κ1) is 17.9. The average Bonchev–Trinajstić information content (AvgIpc) is 3.02. The number of aromatic nitrogens is 3. The van der Waals surface area contributed by atoms with E-state index in [9.17, 15) is 10.2 Å². The van der Waals surface area contributed by atoms with Crippen LogP contribution < -0.4 is 4.74 Å². The molecule has 6 heteroatoms. The molecule has 0 aliphatic rings. The number of phenolic OH excluding ortho intramolecular Hbond substituents is 2. The molecule has 0 unspecified atom stereocenters. The van der Waals surface area contributed by atoms with Crippen molar-refractivity contribution in [3.05, 3.63) is 60.4 Å². The number of hydrogen-bond donors (Lipinski definition) is 2. The lowest BCUT2D eigenvalue weighted by Gasteiger charge is -2.15. The van der Waals surface area contributed by atoms with Gasteiger partial charge in [0.2, 0.25) is 0 Å². The molecule has 142 valence electrons. The first-order chi connectivity index (χ1) is 13.4. The smallest absolute Gasteiger partial charge is 0.172 e. The van der Waals surface area contributed by atoms with Crippen molar-refractivity contribution in [3.8, 4) is 34.3 Å². The van der Waals surface area contributed by atoms with Gasteiger partial charge in [0.05, 0.1) is 17.4 Å². The molecule has 0 fully saturated rings. The Hall–Kier alpha value is -3.54. The normalized spacial score (nSPS) is 11.3. The molecule has 1 heterocycles. The van der Waals surface area contributed by atoms with Crippen LogP contribution >= 0.6 is 0 Å². The molecule has 4 aromatic rings. The largest absolute Gasteiger partial charge is 0.508 e. The Kier molecular flexibility index (Phi) is 4.39.